The van der Waals surface area contributed by atoms with Crippen molar-refractivity contribution in [1.82, 2.24) is 9.55 Å². The summed E-state index contributed by atoms with van der Waals surface area (Å²) in [5.41, 5.74) is -0.825. The maximum Gasteiger partial charge on any atom is 0.140 e. The summed E-state index contributed by atoms with van der Waals surface area (Å²) in [7, 11) is 0. The van der Waals surface area contributed by atoms with Gasteiger partial charge in [-0.15, -0.1) is 0 Å². The fourth-order valence-electron chi connectivity index (χ4n) is 1.62. The number of aryl methyl sites for hydroxylation is 1. The molecule has 2 unspecified atom stereocenters. The first-order valence-electron chi connectivity index (χ1n) is 5.28. The smallest absolute Gasteiger partial charge is 0.140 e. The van der Waals surface area contributed by atoms with Crippen molar-refractivity contribution in [3.8, 4) is 0 Å². The molecule has 14 heavy (non-hydrogen) atoms. The third kappa shape index (κ3) is 1.82. The molecule has 0 amide bonds. The van der Waals surface area contributed by atoms with Gasteiger partial charge in [0.05, 0.1) is 0 Å². The van der Waals surface area contributed by atoms with E-state index >= 15 is 0 Å². The molecule has 0 aliphatic heterocycles. The third-order valence-electron chi connectivity index (χ3n) is 3.08. The summed E-state index contributed by atoms with van der Waals surface area (Å²) < 4.78 is 1.99. The van der Waals surface area contributed by atoms with E-state index in [0.29, 0.717) is 0 Å². The van der Waals surface area contributed by atoms with Crippen molar-refractivity contribution in [3.63, 3.8) is 0 Å². The second-order valence-corrected chi connectivity index (χ2v) is 3.99. The minimum absolute atomic E-state index is 0.218. The van der Waals surface area contributed by atoms with Crippen LogP contribution in [0, 0.1) is 5.92 Å². The van der Waals surface area contributed by atoms with Gasteiger partial charge in [0.15, 0.2) is 0 Å². The maximum absolute atomic E-state index is 10.4. The lowest BCUT2D eigenvalue weighted by Gasteiger charge is -2.29. The van der Waals surface area contributed by atoms with Crippen LogP contribution < -0.4 is 0 Å². The van der Waals surface area contributed by atoms with Crippen LogP contribution in [-0.2, 0) is 12.1 Å². The van der Waals surface area contributed by atoms with Gasteiger partial charge in [-0.1, -0.05) is 20.3 Å². The SMILES string of the molecule is CCC(C)C(C)(O)c1nccn1CC. The number of aromatic nitrogens is 2. The Morgan fingerprint density at radius 3 is 2.71 bits per heavy atom. The monoisotopic (exact) mass is 196 g/mol. The van der Waals surface area contributed by atoms with Crippen LogP contribution in [-0.4, -0.2) is 14.7 Å². The second kappa shape index (κ2) is 4.13. The van der Waals surface area contributed by atoms with Gasteiger partial charge in [-0.3, -0.25) is 0 Å². The highest BCUT2D eigenvalue weighted by Crippen LogP contribution is 2.29. The van der Waals surface area contributed by atoms with Gasteiger partial charge >= 0.3 is 0 Å². The number of rotatable bonds is 4. The van der Waals surface area contributed by atoms with Crippen LogP contribution in [0.1, 0.15) is 39.9 Å². The first-order chi connectivity index (χ1) is 6.54. The lowest BCUT2D eigenvalue weighted by atomic mass is 9.88. The van der Waals surface area contributed by atoms with Crippen LogP contribution in [0.5, 0.6) is 0 Å². The Morgan fingerprint density at radius 2 is 2.21 bits per heavy atom. The molecule has 0 aliphatic rings. The molecule has 2 atom stereocenters. The molecule has 0 spiro atoms. The molecule has 1 aromatic heterocycles. The predicted octanol–water partition coefficient (Wildman–Crippen LogP) is 2.16. The molecule has 3 nitrogen and oxygen atoms in total. The van der Waals surface area contributed by atoms with Gasteiger partial charge < -0.3 is 9.67 Å². The largest absolute Gasteiger partial charge is 0.382 e. The normalized spacial score (nSPS) is 17.8. The third-order valence-corrected chi connectivity index (χ3v) is 3.08. The topological polar surface area (TPSA) is 38.1 Å². The fourth-order valence-corrected chi connectivity index (χ4v) is 1.62. The summed E-state index contributed by atoms with van der Waals surface area (Å²) in [6, 6.07) is 0. The quantitative estimate of drug-likeness (QED) is 0.801. The van der Waals surface area contributed by atoms with Gasteiger partial charge in [0.2, 0.25) is 0 Å². The van der Waals surface area contributed by atoms with Crippen LogP contribution >= 0.6 is 0 Å². The van der Waals surface area contributed by atoms with E-state index in [0.717, 1.165) is 18.8 Å². The molecule has 0 saturated carbocycles. The fraction of sp³-hybridized carbons (Fsp3) is 0.727. The van der Waals surface area contributed by atoms with Gasteiger partial charge in [-0.2, -0.15) is 0 Å². The summed E-state index contributed by atoms with van der Waals surface area (Å²) in [5, 5.41) is 10.4. The molecular weight excluding hydrogens is 176 g/mol. The van der Waals surface area contributed by atoms with Gasteiger partial charge in [-0.05, 0) is 19.8 Å². The molecule has 0 saturated heterocycles. The van der Waals surface area contributed by atoms with E-state index in [1.807, 2.05) is 17.7 Å². The Morgan fingerprint density at radius 1 is 1.57 bits per heavy atom. The van der Waals surface area contributed by atoms with Gasteiger partial charge in [0.1, 0.15) is 11.4 Å². The molecule has 1 rings (SSSR count). The van der Waals surface area contributed by atoms with Crippen LogP contribution in [0.3, 0.4) is 0 Å². The highest BCUT2D eigenvalue weighted by Gasteiger charge is 2.33. The molecule has 0 radical (unpaired) electrons. The highest BCUT2D eigenvalue weighted by molar-refractivity contribution is 5.04. The Kier molecular flexibility index (Phi) is 3.32. The van der Waals surface area contributed by atoms with Crippen molar-refractivity contribution >= 4 is 0 Å². The van der Waals surface area contributed by atoms with Crippen molar-refractivity contribution in [2.75, 3.05) is 0 Å². The minimum atomic E-state index is -0.825. The van der Waals surface area contributed by atoms with Crippen molar-refractivity contribution in [2.45, 2.75) is 46.3 Å². The lowest BCUT2D eigenvalue weighted by Crippen LogP contribution is -2.33. The van der Waals surface area contributed by atoms with E-state index in [9.17, 15) is 5.11 Å². The first kappa shape index (κ1) is 11.2. The number of nitrogens with zero attached hydrogens (tertiary/aromatic N) is 2. The Balaban J connectivity index is 3.02. The number of imidazole rings is 1. The van der Waals surface area contributed by atoms with E-state index in [1.54, 1.807) is 6.20 Å². The zero-order valence-electron chi connectivity index (χ0n) is 9.49. The van der Waals surface area contributed by atoms with Crippen LogP contribution in [0.25, 0.3) is 0 Å². The van der Waals surface area contributed by atoms with E-state index in [1.165, 1.54) is 0 Å². The van der Waals surface area contributed by atoms with Crippen molar-refractivity contribution in [2.24, 2.45) is 5.92 Å². The van der Waals surface area contributed by atoms with Gasteiger partial charge in [-0.25, -0.2) is 4.98 Å². The Labute approximate surface area is 85.8 Å². The molecular formula is C11H20N2O. The van der Waals surface area contributed by atoms with E-state index in [4.69, 9.17) is 0 Å². The molecule has 80 valence electrons. The van der Waals surface area contributed by atoms with Crippen LogP contribution in [0.15, 0.2) is 12.4 Å². The van der Waals surface area contributed by atoms with Gasteiger partial charge in [0, 0.05) is 18.9 Å². The first-order valence-corrected chi connectivity index (χ1v) is 5.28. The van der Waals surface area contributed by atoms with Crippen molar-refractivity contribution < 1.29 is 5.11 Å². The molecule has 3 heteroatoms. The second-order valence-electron chi connectivity index (χ2n) is 3.99. The summed E-state index contributed by atoms with van der Waals surface area (Å²) in [6.07, 6.45) is 4.60. The molecule has 1 heterocycles. The van der Waals surface area contributed by atoms with Crippen LogP contribution in [0.2, 0.25) is 0 Å². The lowest BCUT2D eigenvalue weighted by molar-refractivity contribution is -0.0113. The average Bonchev–Trinajstić information content (AvgIpc) is 2.64. The molecule has 0 aromatic carbocycles. The number of hydrogen-bond acceptors (Lipinski definition) is 2. The molecule has 1 N–H and O–H groups in total. The Hall–Kier alpha value is -0.830. The predicted molar refractivity (Wildman–Crippen MR) is 56.9 cm³/mol. The zero-order valence-corrected chi connectivity index (χ0v) is 9.49. The Bertz CT molecular complexity index is 291. The van der Waals surface area contributed by atoms with Crippen molar-refractivity contribution in [3.05, 3.63) is 18.2 Å². The highest BCUT2D eigenvalue weighted by atomic mass is 16.3. The molecule has 0 aliphatic carbocycles. The van der Waals surface area contributed by atoms with Crippen molar-refractivity contribution in [1.29, 1.82) is 0 Å². The summed E-state index contributed by atoms with van der Waals surface area (Å²) in [6.45, 7) is 8.88. The van der Waals surface area contributed by atoms with Gasteiger partial charge in [0.25, 0.3) is 0 Å². The van der Waals surface area contributed by atoms with E-state index in [2.05, 4.69) is 25.8 Å². The molecule has 0 fully saturated rings. The molecule has 1 aromatic rings. The number of aliphatic hydroxyl groups is 1. The van der Waals surface area contributed by atoms with Crippen LogP contribution in [0.4, 0.5) is 0 Å². The van der Waals surface area contributed by atoms with E-state index in [-0.39, 0.29) is 5.92 Å². The van der Waals surface area contributed by atoms with E-state index < -0.39 is 5.60 Å². The standard InChI is InChI=1S/C11H20N2O/c1-5-9(3)11(4,14)10-12-7-8-13(10)6-2/h7-9,14H,5-6H2,1-4H3. The zero-order chi connectivity index (χ0) is 10.8. The summed E-state index contributed by atoms with van der Waals surface area (Å²) in [4.78, 5) is 4.24. The summed E-state index contributed by atoms with van der Waals surface area (Å²) in [5.74, 6) is 0.990. The molecule has 0 bridgehead atoms. The average molecular weight is 196 g/mol. The summed E-state index contributed by atoms with van der Waals surface area (Å²) >= 11 is 0. The minimum Gasteiger partial charge on any atom is -0.382 e. The maximum atomic E-state index is 10.4. The number of hydrogen-bond donors (Lipinski definition) is 1.